The highest BCUT2D eigenvalue weighted by molar-refractivity contribution is 6.02. The largest absolute Gasteiger partial charge is 0.484 e. The summed E-state index contributed by atoms with van der Waals surface area (Å²) in [4.78, 5) is 47.9. The molecule has 0 unspecified atom stereocenters. The Balaban J connectivity index is 1.29. The molecule has 9 heteroatoms. The fourth-order valence-corrected chi connectivity index (χ4v) is 4.60. The predicted octanol–water partition coefficient (Wildman–Crippen LogP) is 1.92. The Hall–Kier alpha value is -4.01. The number of nitrogens with zero attached hydrogens (tertiary/aromatic N) is 4. The first-order valence-corrected chi connectivity index (χ1v) is 10.8. The smallest absolute Gasteiger partial charge is 0.276 e. The van der Waals surface area contributed by atoms with E-state index in [1.807, 2.05) is 41.3 Å². The van der Waals surface area contributed by atoms with Crippen LogP contribution in [0.5, 0.6) is 5.75 Å². The van der Waals surface area contributed by atoms with Crippen LogP contribution in [-0.4, -0.2) is 50.9 Å². The maximum atomic E-state index is 13.1. The molecule has 2 bridgehead atoms. The predicted molar refractivity (Wildman–Crippen MR) is 120 cm³/mol. The molecule has 5 rings (SSSR count). The van der Waals surface area contributed by atoms with E-state index in [-0.39, 0.29) is 41.3 Å². The van der Waals surface area contributed by atoms with Gasteiger partial charge in [0.15, 0.2) is 6.61 Å². The van der Waals surface area contributed by atoms with Crippen molar-refractivity contribution >= 4 is 17.5 Å². The van der Waals surface area contributed by atoms with Crippen molar-refractivity contribution in [2.75, 3.05) is 25.0 Å². The van der Waals surface area contributed by atoms with Gasteiger partial charge in [0, 0.05) is 43.6 Å². The third kappa shape index (κ3) is 4.34. The Morgan fingerprint density at radius 3 is 2.70 bits per heavy atom. The lowest BCUT2D eigenvalue weighted by molar-refractivity contribution is -0.136. The van der Waals surface area contributed by atoms with Crippen molar-refractivity contribution in [3.05, 3.63) is 82.8 Å². The van der Waals surface area contributed by atoms with Crippen LogP contribution >= 0.6 is 0 Å². The summed E-state index contributed by atoms with van der Waals surface area (Å²) in [6, 6.07) is 12.8. The van der Waals surface area contributed by atoms with Gasteiger partial charge < -0.3 is 19.5 Å². The minimum Gasteiger partial charge on any atom is -0.484 e. The van der Waals surface area contributed by atoms with E-state index in [9.17, 15) is 14.4 Å². The number of pyridine rings is 1. The number of rotatable bonds is 5. The van der Waals surface area contributed by atoms with Crippen LogP contribution in [0.25, 0.3) is 0 Å². The standard InChI is InChI=1S/C24H23N5O4/c30-22(15-33-18-4-2-1-3-5-18)28-12-16-10-17(14-28)21-7-6-19(24(32)29(21)13-16)27-23(31)20-11-25-8-9-26-20/h1-9,11,16-17H,10,12-15H2,(H,27,31)/t16-,17+/m0/s1. The second-order valence-electron chi connectivity index (χ2n) is 8.33. The summed E-state index contributed by atoms with van der Waals surface area (Å²) < 4.78 is 7.35. The maximum absolute atomic E-state index is 13.1. The first-order chi connectivity index (χ1) is 16.1. The molecule has 168 valence electrons. The monoisotopic (exact) mass is 445 g/mol. The first kappa shape index (κ1) is 20.9. The number of nitrogens with one attached hydrogen (secondary N) is 1. The van der Waals surface area contributed by atoms with Crippen molar-refractivity contribution in [2.24, 2.45) is 5.92 Å². The van der Waals surface area contributed by atoms with Crippen LogP contribution in [0.2, 0.25) is 0 Å². The van der Waals surface area contributed by atoms with Crippen LogP contribution in [0.4, 0.5) is 5.69 Å². The topological polar surface area (TPSA) is 106 Å². The fraction of sp³-hybridized carbons (Fsp3) is 0.292. The number of benzene rings is 1. The van der Waals surface area contributed by atoms with Gasteiger partial charge in [-0.15, -0.1) is 0 Å². The number of carbonyl (C=O) groups excluding carboxylic acids is 2. The van der Waals surface area contributed by atoms with E-state index in [0.29, 0.717) is 25.4 Å². The molecule has 0 aliphatic carbocycles. The van der Waals surface area contributed by atoms with E-state index in [0.717, 1.165) is 12.1 Å². The van der Waals surface area contributed by atoms with Crippen molar-refractivity contribution in [1.29, 1.82) is 0 Å². The SMILES string of the molecule is O=C(Nc1ccc2n(c1=O)C[C@H]1C[C@@H]2CN(C(=O)COc2ccccc2)C1)c1cnccn1. The van der Waals surface area contributed by atoms with Gasteiger partial charge in [0.05, 0.1) is 6.20 Å². The molecule has 0 radical (unpaired) electrons. The molecule has 2 atom stereocenters. The van der Waals surface area contributed by atoms with Gasteiger partial charge in [-0.25, -0.2) is 4.98 Å². The van der Waals surface area contributed by atoms with Gasteiger partial charge in [0.1, 0.15) is 17.1 Å². The van der Waals surface area contributed by atoms with Crippen LogP contribution in [0, 0.1) is 5.92 Å². The zero-order valence-corrected chi connectivity index (χ0v) is 17.9. The fourth-order valence-electron chi connectivity index (χ4n) is 4.60. The number of aromatic nitrogens is 3. The lowest BCUT2D eigenvalue weighted by Gasteiger charge is -2.42. The molecule has 0 spiro atoms. The van der Waals surface area contributed by atoms with Crippen molar-refractivity contribution in [3.63, 3.8) is 0 Å². The highest BCUT2D eigenvalue weighted by Gasteiger charge is 2.36. The summed E-state index contributed by atoms with van der Waals surface area (Å²) in [5.41, 5.74) is 0.990. The van der Waals surface area contributed by atoms with Crippen molar-refractivity contribution in [1.82, 2.24) is 19.4 Å². The number of likely N-dealkylation sites (tertiary alicyclic amines) is 1. The Labute approximate surface area is 190 Å². The summed E-state index contributed by atoms with van der Waals surface area (Å²) in [5.74, 6) is 0.358. The molecular weight excluding hydrogens is 422 g/mol. The molecule has 3 aromatic rings. The number of piperidine rings is 1. The van der Waals surface area contributed by atoms with Gasteiger partial charge in [-0.1, -0.05) is 18.2 Å². The average molecular weight is 445 g/mol. The molecule has 1 N–H and O–H groups in total. The number of ether oxygens (including phenoxy) is 1. The van der Waals surface area contributed by atoms with Gasteiger partial charge in [0.25, 0.3) is 17.4 Å². The van der Waals surface area contributed by atoms with E-state index < -0.39 is 5.91 Å². The molecule has 2 aliphatic rings. The van der Waals surface area contributed by atoms with E-state index in [2.05, 4.69) is 15.3 Å². The molecule has 0 saturated carbocycles. The van der Waals surface area contributed by atoms with Gasteiger partial charge in [0.2, 0.25) is 0 Å². The quantitative estimate of drug-likeness (QED) is 0.643. The van der Waals surface area contributed by atoms with Gasteiger partial charge >= 0.3 is 0 Å². The molecular formula is C24H23N5O4. The summed E-state index contributed by atoms with van der Waals surface area (Å²) in [7, 11) is 0. The summed E-state index contributed by atoms with van der Waals surface area (Å²) in [5, 5.41) is 2.65. The number of fused-ring (bicyclic) bond motifs is 4. The second-order valence-corrected chi connectivity index (χ2v) is 8.33. The van der Waals surface area contributed by atoms with E-state index in [1.165, 1.54) is 18.6 Å². The van der Waals surface area contributed by atoms with Crippen LogP contribution in [0.3, 0.4) is 0 Å². The molecule has 4 heterocycles. The molecule has 9 nitrogen and oxygen atoms in total. The minimum absolute atomic E-state index is 0.0103. The molecule has 2 aliphatic heterocycles. The van der Waals surface area contributed by atoms with Crippen LogP contribution < -0.4 is 15.6 Å². The average Bonchev–Trinajstić information content (AvgIpc) is 2.85. The molecule has 1 aromatic carbocycles. The molecule has 1 saturated heterocycles. The van der Waals surface area contributed by atoms with Crippen LogP contribution in [0.1, 0.15) is 28.5 Å². The number of amides is 2. The summed E-state index contributed by atoms with van der Waals surface area (Å²) in [6.07, 6.45) is 5.18. The zero-order valence-electron chi connectivity index (χ0n) is 17.9. The summed E-state index contributed by atoms with van der Waals surface area (Å²) >= 11 is 0. The van der Waals surface area contributed by atoms with E-state index >= 15 is 0 Å². The van der Waals surface area contributed by atoms with Crippen molar-refractivity contribution in [2.45, 2.75) is 18.9 Å². The lowest BCUT2D eigenvalue weighted by atomic mass is 9.83. The second kappa shape index (κ2) is 8.85. The summed E-state index contributed by atoms with van der Waals surface area (Å²) in [6.45, 7) is 1.61. The molecule has 33 heavy (non-hydrogen) atoms. The van der Waals surface area contributed by atoms with Crippen molar-refractivity contribution in [3.8, 4) is 5.75 Å². The van der Waals surface area contributed by atoms with Gasteiger partial charge in [-0.05, 0) is 36.6 Å². The zero-order chi connectivity index (χ0) is 22.8. The van der Waals surface area contributed by atoms with E-state index in [4.69, 9.17) is 4.74 Å². The Kier molecular flexibility index (Phi) is 5.60. The number of para-hydroxylation sites is 1. The maximum Gasteiger partial charge on any atom is 0.276 e. The number of anilines is 1. The van der Waals surface area contributed by atoms with Crippen LogP contribution in [-0.2, 0) is 11.3 Å². The lowest BCUT2D eigenvalue weighted by Crippen LogP contribution is -2.50. The van der Waals surface area contributed by atoms with E-state index in [1.54, 1.807) is 10.6 Å². The number of carbonyl (C=O) groups is 2. The molecule has 2 amide bonds. The molecule has 1 fully saturated rings. The first-order valence-electron chi connectivity index (χ1n) is 10.8. The minimum atomic E-state index is -0.480. The third-order valence-electron chi connectivity index (χ3n) is 6.11. The number of hydrogen-bond acceptors (Lipinski definition) is 6. The van der Waals surface area contributed by atoms with Crippen molar-refractivity contribution < 1.29 is 14.3 Å². The number of hydrogen-bond donors (Lipinski definition) is 1. The third-order valence-corrected chi connectivity index (χ3v) is 6.11. The Morgan fingerprint density at radius 1 is 1.06 bits per heavy atom. The normalized spacial score (nSPS) is 18.8. The van der Waals surface area contributed by atoms with Gasteiger partial charge in [-0.3, -0.25) is 19.4 Å². The molecule has 2 aromatic heterocycles. The Bertz CT molecular complexity index is 1230. The van der Waals surface area contributed by atoms with Gasteiger partial charge in [-0.2, -0.15) is 0 Å². The Morgan fingerprint density at radius 2 is 1.91 bits per heavy atom. The highest BCUT2D eigenvalue weighted by atomic mass is 16.5. The van der Waals surface area contributed by atoms with Crippen LogP contribution in [0.15, 0.2) is 65.8 Å². The highest BCUT2D eigenvalue weighted by Crippen LogP contribution is 2.35.